The van der Waals surface area contributed by atoms with Gasteiger partial charge in [-0.2, -0.15) is 5.26 Å². The number of nitriles is 1. The summed E-state index contributed by atoms with van der Waals surface area (Å²) >= 11 is 0. The van der Waals surface area contributed by atoms with E-state index in [1.54, 1.807) is 0 Å². The standard InChI is InChI=1S/C23H19F2NO2/c1-2-3-15-4-8-17(9-5-15)18-12-20(24)22(21(25)13-18)23(27)28-19-10-6-16(14-26)7-11-19/h4-8,10-13,17H,2-3,9H2,1H3. The molecule has 3 nitrogen and oxygen atoms in total. The quantitative estimate of drug-likeness (QED) is 0.485. The molecule has 0 aromatic heterocycles. The number of hydrogen-bond acceptors (Lipinski definition) is 3. The van der Waals surface area contributed by atoms with Gasteiger partial charge in [-0.1, -0.05) is 37.1 Å². The van der Waals surface area contributed by atoms with E-state index < -0.39 is 23.2 Å². The third kappa shape index (κ3) is 4.34. The molecule has 0 saturated heterocycles. The van der Waals surface area contributed by atoms with E-state index >= 15 is 0 Å². The van der Waals surface area contributed by atoms with E-state index in [2.05, 4.69) is 13.0 Å². The van der Waals surface area contributed by atoms with Crippen LogP contribution in [0.1, 0.15) is 53.6 Å². The molecule has 2 aromatic carbocycles. The molecule has 0 bridgehead atoms. The highest BCUT2D eigenvalue weighted by Crippen LogP contribution is 2.30. The third-order valence-electron chi connectivity index (χ3n) is 4.61. The molecule has 1 aliphatic carbocycles. The SMILES string of the molecule is CCCC1=CCC(c2cc(F)c(C(=O)Oc3ccc(C#N)cc3)c(F)c2)C=C1. The van der Waals surface area contributed by atoms with E-state index in [0.29, 0.717) is 17.5 Å². The summed E-state index contributed by atoms with van der Waals surface area (Å²) in [5, 5.41) is 8.77. The van der Waals surface area contributed by atoms with Crippen LogP contribution in [0.2, 0.25) is 0 Å². The number of hydrogen-bond donors (Lipinski definition) is 0. The van der Waals surface area contributed by atoms with Crippen LogP contribution in [-0.4, -0.2) is 5.97 Å². The molecule has 0 aliphatic heterocycles. The predicted molar refractivity (Wildman–Crippen MR) is 102 cm³/mol. The first-order chi connectivity index (χ1) is 13.5. The molecule has 0 saturated carbocycles. The topological polar surface area (TPSA) is 50.1 Å². The second-order valence-electron chi connectivity index (χ2n) is 6.62. The summed E-state index contributed by atoms with van der Waals surface area (Å²) in [6, 6.07) is 10.0. The molecule has 0 fully saturated rings. The summed E-state index contributed by atoms with van der Waals surface area (Å²) in [6.07, 6.45) is 8.69. The van der Waals surface area contributed by atoms with Crippen molar-refractivity contribution in [3.05, 3.63) is 88.5 Å². The highest BCUT2D eigenvalue weighted by Gasteiger charge is 2.23. The van der Waals surface area contributed by atoms with Crippen molar-refractivity contribution in [1.82, 2.24) is 0 Å². The summed E-state index contributed by atoms with van der Waals surface area (Å²) in [7, 11) is 0. The molecule has 0 N–H and O–H groups in total. The number of carbonyl (C=O) groups excluding carboxylic acids is 1. The molecule has 1 unspecified atom stereocenters. The Bertz CT molecular complexity index is 962. The van der Waals surface area contributed by atoms with Crippen LogP contribution < -0.4 is 4.74 Å². The molecule has 3 rings (SSSR count). The molecule has 142 valence electrons. The second kappa shape index (κ2) is 8.62. The Morgan fingerprint density at radius 2 is 1.89 bits per heavy atom. The lowest BCUT2D eigenvalue weighted by Crippen LogP contribution is -2.14. The number of halogens is 2. The van der Waals surface area contributed by atoms with Gasteiger partial charge in [-0.25, -0.2) is 13.6 Å². The van der Waals surface area contributed by atoms with Gasteiger partial charge in [0, 0.05) is 5.92 Å². The van der Waals surface area contributed by atoms with Crippen molar-refractivity contribution >= 4 is 5.97 Å². The van der Waals surface area contributed by atoms with Gasteiger partial charge in [0.2, 0.25) is 0 Å². The maximum Gasteiger partial charge on any atom is 0.349 e. The third-order valence-corrected chi connectivity index (χ3v) is 4.61. The minimum absolute atomic E-state index is 0.107. The second-order valence-corrected chi connectivity index (χ2v) is 6.62. The van der Waals surface area contributed by atoms with Crippen LogP contribution >= 0.6 is 0 Å². The van der Waals surface area contributed by atoms with E-state index in [1.165, 1.54) is 42.0 Å². The van der Waals surface area contributed by atoms with E-state index in [9.17, 15) is 13.6 Å². The van der Waals surface area contributed by atoms with Crippen molar-refractivity contribution in [3.63, 3.8) is 0 Å². The van der Waals surface area contributed by atoms with E-state index in [0.717, 1.165) is 12.8 Å². The van der Waals surface area contributed by atoms with Crippen molar-refractivity contribution in [1.29, 1.82) is 5.26 Å². The number of benzene rings is 2. The first kappa shape index (κ1) is 19.5. The number of rotatable bonds is 5. The van der Waals surface area contributed by atoms with Crippen LogP contribution in [0.5, 0.6) is 5.75 Å². The fraction of sp³-hybridized carbons (Fsp3) is 0.217. The van der Waals surface area contributed by atoms with Gasteiger partial charge in [-0.3, -0.25) is 0 Å². The smallest absolute Gasteiger partial charge is 0.349 e. The molecular formula is C23H19F2NO2. The van der Waals surface area contributed by atoms with Gasteiger partial charge >= 0.3 is 5.97 Å². The molecule has 0 radical (unpaired) electrons. The maximum absolute atomic E-state index is 14.5. The molecular weight excluding hydrogens is 360 g/mol. The van der Waals surface area contributed by atoms with Crippen LogP contribution in [0.15, 0.2) is 60.2 Å². The maximum atomic E-state index is 14.5. The molecule has 2 aromatic rings. The summed E-state index contributed by atoms with van der Waals surface area (Å²) < 4.78 is 34.1. The summed E-state index contributed by atoms with van der Waals surface area (Å²) in [4.78, 5) is 12.2. The summed E-state index contributed by atoms with van der Waals surface area (Å²) in [5.74, 6) is -3.05. The molecule has 1 aliphatic rings. The lowest BCUT2D eigenvalue weighted by Gasteiger charge is -2.17. The van der Waals surface area contributed by atoms with Crippen molar-refractivity contribution < 1.29 is 18.3 Å². The molecule has 0 heterocycles. The lowest BCUT2D eigenvalue weighted by molar-refractivity contribution is 0.0724. The first-order valence-corrected chi connectivity index (χ1v) is 9.10. The number of carbonyl (C=O) groups is 1. The fourth-order valence-corrected chi connectivity index (χ4v) is 3.14. The largest absolute Gasteiger partial charge is 0.423 e. The van der Waals surface area contributed by atoms with Gasteiger partial charge in [0.25, 0.3) is 0 Å². The fourth-order valence-electron chi connectivity index (χ4n) is 3.14. The van der Waals surface area contributed by atoms with Crippen molar-refractivity contribution in [2.24, 2.45) is 0 Å². The minimum Gasteiger partial charge on any atom is -0.423 e. The van der Waals surface area contributed by atoms with E-state index in [1.807, 2.05) is 18.2 Å². The highest BCUT2D eigenvalue weighted by molar-refractivity contribution is 5.91. The normalized spacial score (nSPS) is 15.6. The lowest BCUT2D eigenvalue weighted by atomic mass is 9.88. The zero-order valence-corrected chi connectivity index (χ0v) is 15.4. The first-order valence-electron chi connectivity index (χ1n) is 9.10. The molecule has 1 atom stereocenters. The van der Waals surface area contributed by atoms with Gasteiger partial charge < -0.3 is 4.74 Å². The predicted octanol–water partition coefficient (Wildman–Crippen LogP) is 5.83. The molecule has 5 heteroatoms. The molecule has 0 spiro atoms. The van der Waals surface area contributed by atoms with Crippen LogP contribution in [0.4, 0.5) is 8.78 Å². The molecule has 28 heavy (non-hydrogen) atoms. The van der Waals surface area contributed by atoms with Crippen LogP contribution in [0.25, 0.3) is 0 Å². The number of nitrogens with zero attached hydrogens (tertiary/aromatic N) is 1. The minimum atomic E-state index is -1.12. The number of esters is 1. The average molecular weight is 379 g/mol. The van der Waals surface area contributed by atoms with Gasteiger partial charge in [-0.15, -0.1) is 0 Å². The van der Waals surface area contributed by atoms with Crippen LogP contribution in [0.3, 0.4) is 0 Å². The van der Waals surface area contributed by atoms with Gasteiger partial charge in [-0.05, 0) is 54.8 Å². The van der Waals surface area contributed by atoms with Gasteiger partial charge in [0.1, 0.15) is 22.9 Å². The summed E-state index contributed by atoms with van der Waals surface area (Å²) in [5.41, 5.74) is 1.36. The Morgan fingerprint density at radius 1 is 1.21 bits per heavy atom. The Balaban J connectivity index is 1.77. The zero-order chi connectivity index (χ0) is 20.1. The highest BCUT2D eigenvalue weighted by atomic mass is 19.1. The van der Waals surface area contributed by atoms with Crippen LogP contribution in [-0.2, 0) is 0 Å². The van der Waals surface area contributed by atoms with Crippen molar-refractivity contribution in [2.75, 3.05) is 0 Å². The molecule has 0 amide bonds. The Hall–Kier alpha value is -3.26. The van der Waals surface area contributed by atoms with Crippen molar-refractivity contribution in [2.45, 2.75) is 32.1 Å². The Labute approximate surface area is 162 Å². The van der Waals surface area contributed by atoms with Crippen molar-refractivity contribution in [3.8, 4) is 11.8 Å². The zero-order valence-electron chi connectivity index (χ0n) is 15.4. The monoisotopic (exact) mass is 379 g/mol. The van der Waals surface area contributed by atoms with Crippen LogP contribution in [0, 0.1) is 23.0 Å². The van der Waals surface area contributed by atoms with Gasteiger partial charge in [0.05, 0.1) is 11.6 Å². The number of ether oxygens (including phenoxy) is 1. The Morgan fingerprint density at radius 3 is 2.43 bits per heavy atom. The van der Waals surface area contributed by atoms with Gasteiger partial charge in [0.15, 0.2) is 0 Å². The van der Waals surface area contributed by atoms with E-state index in [-0.39, 0.29) is 11.7 Å². The van der Waals surface area contributed by atoms with E-state index in [4.69, 9.17) is 10.00 Å². The Kier molecular flexibility index (Phi) is 6.00. The number of allylic oxidation sites excluding steroid dienone is 4. The summed E-state index contributed by atoms with van der Waals surface area (Å²) in [6.45, 7) is 2.10. The average Bonchev–Trinajstić information content (AvgIpc) is 2.69.